The van der Waals surface area contributed by atoms with Gasteiger partial charge in [0.15, 0.2) is 6.04 Å². The maximum atomic E-state index is 13.3. The fourth-order valence-electron chi connectivity index (χ4n) is 2.22. The second-order valence-corrected chi connectivity index (χ2v) is 5.64. The van der Waals surface area contributed by atoms with Crippen molar-refractivity contribution < 1.29 is 23.9 Å². The van der Waals surface area contributed by atoms with E-state index in [0.717, 1.165) is 12.8 Å². The second-order valence-electron chi connectivity index (χ2n) is 5.64. The number of carbonyl (C=O) groups is 3. The molecule has 0 saturated carbocycles. The van der Waals surface area contributed by atoms with Crippen molar-refractivity contribution in [2.75, 3.05) is 6.54 Å². The summed E-state index contributed by atoms with van der Waals surface area (Å²) >= 11 is 0. The lowest BCUT2D eigenvalue weighted by atomic mass is 10.0. The van der Waals surface area contributed by atoms with Gasteiger partial charge in [0, 0.05) is 19.9 Å². The Kier molecular flexibility index (Phi) is 7.88. The summed E-state index contributed by atoms with van der Waals surface area (Å²) in [6.45, 7) is 3.54. The summed E-state index contributed by atoms with van der Waals surface area (Å²) in [5, 5.41) is 14.4. The van der Waals surface area contributed by atoms with Gasteiger partial charge in [0.2, 0.25) is 11.8 Å². The molecule has 0 heterocycles. The minimum absolute atomic E-state index is 0.0911. The molecule has 0 radical (unpaired) electrons. The Morgan fingerprint density at radius 3 is 2.50 bits per heavy atom. The number of carbonyl (C=O) groups excluding carboxylic acids is 2. The maximum absolute atomic E-state index is 13.3. The molecular weight excluding hydrogens is 315 g/mol. The molecule has 1 rings (SSSR count). The summed E-state index contributed by atoms with van der Waals surface area (Å²) in [5.41, 5.74) is 0.659. The summed E-state index contributed by atoms with van der Waals surface area (Å²) in [6, 6.07) is 2.77. The van der Waals surface area contributed by atoms with Gasteiger partial charge in [0.05, 0.1) is 0 Å². The van der Waals surface area contributed by atoms with Crippen molar-refractivity contribution in [3.63, 3.8) is 0 Å². The molecule has 2 amide bonds. The number of benzene rings is 1. The molecule has 0 spiro atoms. The van der Waals surface area contributed by atoms with Crippen LogP contribution in [0.2, 0.25) is 0 Å². The van der Waals surface area contributed by atoms with Crippen LogP contribution >= 0.6 is 0 Å². The zero-order chi connectivity index (χ0) is 18.1. The molecule has 3 N–H and O–H groups in total. The summed E-state index contributed by atoms with van der Waals surface area (Å²) < 4.78 is 13.3. The predicted octanol–water partition coefficient (Wildman–Crippen LogP) is 2.07. The Morgan fingerprint density at radius 2 is 1.92 bits per heavy atom. The highest BCUT2D eigenvalue weighted by Crippen LogP contribution is 2.17. The van der Waals surface area contributed by atoms with E-state index in [4.69, 9.17) is 0 Å². The van der Waals surface area contributed by atoms with E-state index in [-0.39, 0.29) is 18.2 Å². The smallest absolute Gasteiger partial charge is 0.330 e. The van der Waals surface area contributed by atoms with Crippen LogP contribution in [0, 0.1) is 12.7 Å². The van der Waals surface area contributed by atoms with Gasteiger partial charge in [-0.1, -0.05) is 18.6 Å². The highest BCUT2D eigenvalue weighted by Gasteiger charge is 2.22. The largest absolute Gasteiger partial charge is 0.479 e. The quantitative estimate of drug-likeness (QED) is 0.601. The molecule has 7 heteroatoms. The molecule has 0 bridgehead atoms. The van der Waals surface area contributed by atoms with Gasteiger partial charge in [-0.2, -0.15) is 0 Å². The standard InChI is InChI=1S/C17H23FN2O4/c1-11-10-13(7-8-14(11)18)16(17(23)24)20-15(22)6-4-3-5-9-19-12(2)21/h7-8,10,16H,3-6,9H2,1-2H3,(H,19,21)(H,20,22)(H,23,24). The maximum Gasteiger partial charge on any atom is 0.330 e. The first-order chi connectivity index (χ1) is 11.3. The lowest BCUT2D eigenvalue weighted by Gasteiger charge is -2.15. The van der Waals surface area contributed by atoms with Crippen LogP contribution in [0.15, 0.2) is 18.2 Å². The Balaban J connectivity index is 2.47. The van der Waals surface area contributed by atoms with Crippen LogP contribution in [-0.2, 0) is 14.4 Å². The fourth-order valence-corrected chi connectivity index (χ4v) is 2.22. The van der Waals surface area contributed by atoms with Crippen molar-refractivity contribution >= 4 is 17.8 Å². The van der Waals surface area contributed by atoms with Crippen molar-refractivity contribution in [2.24, 2.45) is 0 Å². The first kappa shape index (κ1) is 19.6. The van der Waals surface area contributed by atoms with Crippen LogP contribution in [0.3, 0.4) is 0 Å². The number of carboxylic acids is 1. The van der Waals surface area contributed by atoms with E-state index in [1.54, 1.807) is 0 Å². The summed E-state index contributed by atoms with van der Waals surface area (Å²) in [7, 11) is 0. The van der Waals surface area contributed by atoms with Gasteiger partial charge < -0.3 is 15.7 Å². The van der Waals surface area contributed by atoms with Gasteiger partial charge in [-0.3, -0.25) is 9.59 Å². The number of aryl methyl sites for hydroxylation is 1. The fraction of sp³-hybridized carbons (Fsp3) is 0.471. The normalized spacial score (nSPS) is 11.6. The van der Waals surface area contributed by atoms with Gasteiger partial charge in [0.25, 0.3) is 0 Å². The SMILES string of the molecule is CC(=O)NCCCCCC(=O)NC(C(=O)O)c1ccc(F)c(C)c1. The average molecular weight is 338 g/mol. The van der Waals surface area contributed by atoms with Crippen LogP contribution in [0.25, 0.3) is 0 Å². The van der Waals surface area contributed by atoms with E-state index < -0.39 is 17.8 Å². The van der Waals surface area contributed by atoms with Gasteiger partial charge >= 0.3 is 5.97 Å². The number of unbranched alkanes of at least 4 members (excludes halogenated alkanes) is 2. The Hall–Kier alpha value is -2.44. The minimum Gasteiger partial charge on any atom is -0.479 e. The van der Waals surface area contributed by atoms with Crippen molar-refractivity contribution in [1.82, 2.24) is 10.6 Å². The number of aliphatic carboxylic acids is 1. The lowest BCUT2D eigenvalue weighted by Crippen LogP contribution is -2.33. The molecule has 0 aliphatic rings. The van der Waals surface area contributed by atoms with Gasteiger partial charge in [-0.25, -0.2) is 9.18 Å². The summed E-state index contributed by atoms with van der Waals surface area (Å²) in [5.74, 6) is -2.08. The number of nitrogens with one attached hydrogen (secondary N) is 2. The first-order valence-corrected chi connectivity index (χ1v) is 7.84. The molecule has 6 nitrogen and oxygen atoms in total. The first-order valence-electron chi connectivity index (χ1n) is 7.84. The number of carboxylic acid groups (broad SMARTS) is 1. The third kappa shape index (κ3) is 6.76. The number of amides is 2. The van der Waals surface area contributed by atoms with Crippen LogP contribution in [0.4, 0.5) is 4.39 Å². The molecule has 1 unspecified atom stereocenters. The number of hydrogen-bond acceptors (Lipinski definition) is 3. The third-order valence-corrected chi connectivity index (χ3v) is 3.52. The molecule has 24 heavy (non-hydrogen) atoms. The third-order valence-electron chi connectivity index (χ3n) is 3.52. The van der Waals surface area contributed by atoms with E-state index in [9.17, 15) is 23.9 Å². The van der Waals surface area contributed by atoms with Crippen LogP contribution in [0.1, 0.15) is 49.8 Å². The zero-order valence-electron chi connectivity index (χ0n) is 13.9. The Morgan fingerprint density at radius 1 is 1.21 bits per heavy atom. The van der Waals surface area contributed by atoms with Crippen molar-refractivity contribution in [3.8, 4) is 0 Å². The molecule has 0 fully saturated rings. The summed E-state index contributed by atoms with van der Waals surface area (Å²) in [4.78, 5) is 34.0. The number of hydrogen-bond donors (Lipinski definition) is 3. The van der Waals surface area contributed by atoms with Crippen molar-refractivity contribution in [1.29, 1.82) is 0 Å². The molecular formula is C17H23FN2O4. The van der Waals surface area contributed by atoms with E-state index in [1.165, 1.54) is 32.0 Å². The highest BCUT2D eigenvalue weighted by molar-refractivity contribution is 5.84. The number of rotatable bonds is 9. The van der Waals surface area contributed by atoms with Crippen LogP contribution < -0.4 is 10.6 Å². The molecule has 0 aromatic heterocycles. The molecule has 0 aliphatic carbocycles. The van der Waals surface area contributed by atoms with Gasteiger partial charge in [0.1, 0.15) is 5.82 Å². The van der Waals surface area contributed by atoms with E-state index in [0.29, 0.717) is 24.1 Å². The monoisotopic (exact) mass is 338 g/mol. The van der Waals surface area contributed by atoms with Gasteiger partial charge in [-0.15, -0.1) is 0 Å². The molecule has 0 aliphatic heterocycles. The molecule has 1 atom stereocenters. The predicted molar refractivity (Wildman–Crippen MR) is 86.8 cm³/mol. The highest BCUT2D eigenvalue weighted by atomic mass is 19.1. The zero-order valence-corrected chi connectivity index (χ0v) is 13.9. The average Bonchev–Trinajstić information content (AvgIpc) is 2.50. The lowest BCUT2D eigenvalue weighted by molar-refractivity contribution is -0.142. The van der Waals surface area contributed by atoms with Crippen LogP contribution in [-0.4, -0.2) is 29.4 Å². The second kappa shape index (κ2) is 9.64. The minimum atomic E-state index is -1.20. The van der Waals surface area contributed by atoms with E-state index in [2.05, 4.69) is 10.6 Å². The molecule has 132 valence electrons. The van der Waals surface area contributed by atoms with Crippen LogP contribution in [0.5, 0.6) is 0 Å². The molecule has 0 saturated heterocycles. The van der Waals surface area contributed by atoms with Crippen molar-refractivity contribution in [2.45, 2.75) is 45.6 Å². The number of halogens is 1. The van der Waals surface area contributed by atoms with Crippen molar-refractivity contribution in [3.05, 3.63) is 35.1 Å². The Labute approximate surface area is 140 Å². The van der Waals surface area contributed by atoms with E-state index >= 15 is 0 Å². The molecule has 1 aromatic carbocycles. The van der Waals surface area contributed by atoms with Gasteiger partial charge in [-0.05, 0) is 37.0 Å². The topological polar surface area (TPSA) is 95.5 Å². The Bertz CT molecular complexity index is 604. The molecule has 1 aromatic rings. The van der Waals surface area contributed by atoms with E-state index in [1.807, 2.05) is 0 Å². The summed E-state index contributed by atoms with van der Waals surface area (Å²) in [6.07, 6.45) is 2.30.